The summed E-state index contributed by atoms with van der Waals surface area (Å²) in [5, 5.41) is 0. The first-order valence-electron chi connectivity index (χ1n) is 5.14. The number of aryl methyl sites for hydroxylation is 1. The Kier molecular flexibility index (Phi) is 1.50. The molecule has 0 saturated heterocycles. The van der Waals surface area contributed by atoms with Crippen molar-refractivity contribution < 1.29 is 0 Å². The predicted molar refractivity (Wildman–Crippen MR) is 50.5 cm³/mol. The monoisotopic (exact) mass is 177 g/mol. The number of hydrogen-bond donors (Lipinski definition) is 1. The molecular weight excluding hydrogens is 162 g/mol. The minimum Gasteiger partial charge on any atom is -0.333 e. The largest absolute Gasteiger partial charge is 0.333 e. The summed E-state index contributed by atoms with van der Waals surface area (Å²) in [5.74, 6) is 2.03. The van der Waals surface area contributed by atoms with Gasteiger partial charge in [-0.05, 0) is 19.3 Å². The molecule has 13 heavy (non-hydrogen) atoms. The van der Waals surface area contributed by atoms with Crippen LogP contribution in [0.25, 0.3) is 0 Å². The summed E-state index contributed by atoms with van der Waals surface area (Å²) in [6.45, 7) is 0.967. The number of imidazole rings is 1. The van der Waals surface area contributed by atoms with Crippen molar-refractivity contribution in [3.05, 3.63) is 17.7 Å². The third kappa shape index (κ3) is 1.27. The highest BCUT2D eigenvalue weighted by Crippen LogP contribution is 2.39. The first-order valence-corrected chi connectivity index (χ1v) is 5.14. The quantitative estimate of drug-likeness (QED) is 0.696. The fourth-order valence-electron chi connectivity index (χ4n) is 2.07. The van der Waals surface area contributed by atoms with E-state index >= 15 is 0 Å². The van der Waals surface area contributed by atoms with E-state index in [1.54, 1.807) is 0 Å². The van der Waals surface area contributed by atoms with Crippen LogP contribution < -0.4 is 5.73 Å². The van der Waals surface area contributed by atoms with Crippen LogP contribution in [0.4, 0.5) is 0 Å². The molecule has 1 unspecified atom stereocenters. The van der Waals surface area contributed by atoms with Gasteiger partial charge in [-0.25, -0.2) is 4.98 Å². The Bertz CT molecular complexity index is 325. The lowest BCUT2D eigenvalue weighted by atomic mass is 10.1. The summed E-state index contributed by atoms with van der Waals surface area (Å²) in [7, 11) is 0. The van der Waals surface area contributed by atoms with Crippen LogP contribution in [0.15, 0.2) is 6.20 Å². The van der Waals surface area contributed by atoms with Gasteiger partial charge in [0, 0.05) is 31.1 Å². The normalized spacial score (nSPS) is 27.3. The predicted octanol–water partition coefficient (Wildman–Crippen LogP) is 1.03. The van der Waals surface area contributed by atoms with Crippen LogP contribution in [0.3, 0.4) is 0 Å². The van der Waals surface area contributed by atoms with Gasteiger partial charge in [0.2, 0.25) is 0 Å². The number of fused-ring (bicyclic) bond motifs is 1. The Hall–Kier alpha value is -0.830. The maximum atomic E-state index is 5.90. The molecule has 1 aliphatic heterocycles. The van der Waals surface area contributed by atoms with Crippen LogP contribution in [0.2, 0.25) is 0 Å². The second kappa shape index (κ2) is 2.58. The molecule has 2 N–H and O–H groups in total. The van der Waals surface area contributed by atoms with E-state index in [2.05, 4.69) is 15.7 Å². The fourth-order valence-corrected chi connectivity index (χ4v) is 2.07. The third-order valence-corrected chi connectivity index (χ3v) is 3.04. The molecule has 3 rings (SSSR count). The van der Waals surface area contributed by atoms with Crippen molar-refractivity contribution in [1.29, 1.82) is 0 Å². The van der Waals surface area contributed by atoms with Crippen molar-refractivity contribution in [2.45, 2.75) is 44.2 Å². The molecular formula is C10H15N3. The third-order valence-electron chi connectivity index (χ3n) is 3.04. The van der Waals surface area contributed by atoms with E-state index in [-0.39, 0.29) is 0 Å². The Morgan fingerprint density at radius 1 is 1.38 bits per heavy atom. The summed E-state index contributed by atoms with van der Waals surface area (Å²) in [6, 6.07) is 0.341. The zero-order chi connectivity index (χ0) is 8.84. The van der Waals surface area contributed by atoms with Crippen molar-refractivity contribution >= 4 is 0 Å². The summed E-state index contributed by atoms with van der Waals surface area (Å²) in [6.07, 6.45) is 7.05. The van der Waals surface area contributed by atoms with Gasteiger partial charge in [-0.2, -0.15) is 0 Å². The van der Waals surface area contributed by atoms with E-state index in [4.69, 9.17) is 5.73 Å². The van der Waals surface area contributed by atoms with E-state index in [9.17, 15) is 0 Å². The van der Waals surface area contributed by atoms with Crippen LogP contribution in [0.5, 0.6) is 0 Å². The van der Waals surface area contributed by atoms with E-state index in [0.29, 0.717) is 6.04 Å². The SMILES string of the molecule is NC1CCc2nc(C3CC3)cn2C1. The molecule has 0 radical (unpaired) electrons. The van der Waals surface area contributed by atoms with E-state index in [0.717, 1.165) is 25.3 Å². The van der Waals surface area contributed by atoms with Gasteiger partial charge in [0.1, 0.15) is 5.82 Å². The van der Waals surface area contributed by atoms with Crippen LogP contribution >= 0.6 is 0 Å². The van der Waals surface area contributed by atoms with Gasteiger partial charge in [0.15, 0.2) is 0 Å². The first-order chi connectivity index (χ1) is 6.33. The van der Waals surface area contributed by atoms with Crippen molar-refractivity contribution in [3.63, 3.8) is 0 Å². The van der Waals surface area contributed by atoms with Crippen LogP contribution in [-0.2, 0) is 13.0 Å². The van der Waals surface area contributed by atoms with Crippen molar-refractivity contribution in [2.75, 3.05) is 0 Å². The van der Waals surface area contributed by atoms with E-state index in [1.165, 1.54) is 24.4 Å². The molecule has 70 valence electrons. The number of nitrogens with zero attached hydrogens (tertiary/aromatic N) is 2. The summed E-state index contributed by atoms with van der Waals surface area (Å²) in [4.78, 5) is 4.65. The van der Waals surface area contributed by atoms with Crippen molar-refractivity contribution in [3.8, 4) is 0 Å². The molecule has 0 spiro atoms. The minimum absolute atomic E-state index is 0.341. The molecule has 0 aromatic carbocycles. The van der Waals surface area contributed by atoms with Gasteiger partial charge in [-0.3, -0.25) is 0 Å². The second-order valence-corrected chi connectivity index (χ2v) is 4.31. The Morgan fingerprint density at radius 2 is 2.23 bits per heavy atom. The molecule has 1 aromatic rings. The Balaban J connectivity index is 1.93. The number of aromatic nitrogens is 2. The lowest BCUT2D eigenvalue weighted by Crippen LogP contribution is -2.31. The summed E-state index contributed by atoms with van der Waals surface area (Å²) in [5.41, 5.74) is 7.21. The smallest absolute Gasteiger partial charge is 0.109 e. The molecule has 0 amide bonds. The van der Waals surface area contributed by atoms with Gasteiger partial charge in [-0.1, -0.05) is 0 Å². The van der Waals surface area contributed by atoms with Crippen molar-refractivity contribution in [1.82, 2.24) is 9.55 Å². The number of nitrogens with two attached hydrogens (primary N) is 1. The van der Waals surface area contributed by atoms with E-state index < -0.39 is 0 Å². The van der Waals surface area contributed by atoms with Gasteiger partial charge in [0.05, 0.1) is 5.69 Å². The first kappa shape index (κ1) is 7.56. The zero-order valence-electron chi connectivity index (χ0n) is 7.74. The van der Waals surface area contributed by atoms with Crippen molar-refractivity contribution in [2.24, 2.45) is 5.73 Å². The van der Waals surface area contributed by atoms with Gasteiger partial charge in [0.25, 0.3) is 0 Å². The van der Waals surface area contributed by atoms with Crippen LogP contribution in [0, 0.1) is 0 Å². The fraction of sp³-hybridized carbons (Fsp3) is 0.700. The molecule has 2 heterocycles. The average Bonchev–Trinajstić information content (AvgIpc) is 2.87. The molecule has 1 aromatic heterocycles. The molecule has 2 aliphatic rings. The summed E-state index contributed by atoms with van der Waals surface area (Å²) >= 11 is 0. The average molecular weight is 177 g/mol. The molecule has 0 bridgehead atoms. The molecule has 1 fully saturated rings. The second-order valence-electron chi connectivity index (χ2n) is 4.31. The zero-order valence-corrected chi connectivity index (χ0v) is 7.74. The maximum absolute atomic E-state index is 5.90. The standard InChI is InChI=1S/C10H15N3/c11-8-3-4-10-12-9(7-1-2-7)6-13(10)5-8/h6-8H,1-5,11H2. The topological polar surface area (TPSA) is 43.8 Å². The highest BCUT2D eigenvalue weighted by Gasteiger charge is 2.28. The Morgan fingerprint density at radius 3 is 3.00 bits per heavy atom. The van der Waals surface area contributed by atoms with Crippen LogP contribution in [-0.4, -0.2) is 15.6 Å². The Labute approximate surface area is 78.0 Å². The molecule has 3 nitrogen and oxygen atoms in total. The maximum Gasteiger partial charge on any atom is 0.109 e. The van der Waals surface area contributed by atoms with Gasteiger partial charge >= 0.3 is 0 Å². The number of rotatable bonds is 1. The number of hydrogen-bond acceptors (Lipinski definition) is 2. The minimum atomic E-state index is 0.341. The highest BCUT2D eigenvalue weighted by atomic mass is 15.1. The molecule has 1 aliphatic carbocycles. The molecule has 1 saturated carbocycles. The van der Waals surface area contributed by atoms with Crippen LogP contribution in [0.1, 0.15) is 36.7 Å². The molecule has 3 heteroatoms. The van der Waals surface area contributed by atoms with Gasteiger partial charge < -0.3 is 10.3 Å². The van der Waals surface area contributed by atoms with Gasteiger partial charge in [-0.15, -0.1) is 0 Å². The lowest BCUT2D eigenvalue weighted by molar-refractivity contribution is 0.453. The summed E-state index contributed by atoms with van der Waals surface area (Å²) < 4.78 is 2.25. The highest BCUT2D eigenvalue weighted by molar-refractivity contribution is 5.16. The van der Waals surface area contributed by atoms with E-state index in [1.807, 2.05) is 0 Å². The lowest BCUT2D eigenvalue weighted by Gasteiger charge is -2.19. The molecule has 1 atom stereocenters.